The van der Waals surface area contributed by atoms with E-state index < -0.39 is 53.7 Å². The Hall–Kier alpha value is -3.57. The molecule has 1 spiro atoms. The van der Waals surface area contributed by atoms with Gasteiger partial charge in [-0.15, -0.1) is 0 Å². The van der Waals surface area contributed by atoms with E-state index in [1.807, 2.05) is 0 Å². The van der Waals surface area contributed by atoms with Crippen LogP contribution in [0.5, 0.6) is 0 Å². The molecule has 8 nitrogen and oxygen atoms in total. The molecule has 3 N–H and O–H groups in total. The summed E-state index contributed by atoms with van der Waals surface area (Å²) in [7, 11) is -1.97. The lowest BCUT2D eigenvalue weighted by molar-refractivity contribution is -0.141. The van der Waals surface area contributed by atoms with E-state index in [0.29, 0.717) is 0 Å². The van der Waals surface area contributed by atoms with Gasteiger partial charge in [0.25, 0.3) is 5.91 Å². The SMILES string of the molecule is C[C@H]1C[C@@]2(CCN1c1cc(B(O)O)cc(F)c1C#N)N=C(c1ccc(C(F)(F)F)nc1C1(F)CC1)NC2=O. The monoisotopic (exact) mass is 533 g/mol. The summed E-state index contributed by atoms with van der Waals surface area (Å²) in [6, 6.07) is 5.22. The molecule has 38 heavy (non-hydrogen) atoms. The fourth-order valence-electron chi connectivity index (χ4n) is 5.13. The van der Waals surface area contributed by atoms with Crippen LogP contribution in [0, 0.1) is 17.1 Å². The first-order valence-corrected chi connectivity index (χ1v) is 11.8. The van der Waals surface area contributed by atoms with Crippen LogP contribution in [0.4, 0.5) is 27.6 Å². The number of carbonyl (C=O) groups is 1. The van der Waals surface area contributed by atoms with Crippen molar-refractivity contribution in [2.24, 2.45) is 4.99 Å². The van der Waals surface area contributed by atoms with Crippen molar-refractivity contribution in [1.29, 1.82) is 5.26 Å². The Balaban J connectivity index is 1.48. The first-order chi connectivity index (χ1) is 17.8. The molecule has 0 bridgehead atoms. The molecule has 5 rings (SSSR count). The smallest absolute Gasteiger partial charge is 0.423 e. The van der Waals surface area contributed by atoms with E-state index in [1.54, 1.807) is 17.9 Å². The second-order valence-electron chi connectivity index (χ2n) is 9.88. The number of hydrogen-bond acceptors (Lipinski definition) is 7. The Morgan fingerprint density at radius 1 is 1.24 bits per heavy atom. The highest BCUT2D eigenvalue weighted by Gasteiger charge is 2.52. The predicted molar refractivity (Wildman–Crippen MR) is 126 cm³/mol. The van der Waals surface area contributed by atoms with Crippen LogP contribution in [0.2, 0.25) is 0 Å². The van der Waals surface area contributed by atoms with E-state index >= 15 is 4.39 Å². The normalized spacial score (nSPS) is 24.2. The number of nitrogens with zero attached hydrogens (tertiary/aromatic N) is 4. The molecule has 1 aliphatic carbocycles. The third kappa shape index (κ3) is 4.29. The highest BCUT2D eigenvalue weighted by atomic mass is 19.4. The van der Waals surface area contributed by atoms with Crippen LogP contribution in [0.3, 0.4) is 0 Å². The molecule has 3 heterocycles. The van der Waals surface area contributed by atoms with E-state index in [2.05, 4.69) is 15.3 Å². The van der Waals surface area contributed by atoms with Gasteiger partial charge in [-0.05, 0) is 55.9 Å². The number of aliphatic imine (C=N–C) groups is 1. The molecule has 198 valence electrons. The number of aromatic nitrogens is 1. The summed E-state index contributed by atoms with van der Waals surface area (Å²) in [5.74, 6) is -1.51. The molecule has 2 atom stereocenters. The molecule has 0 radical (unpaired) electrons. The molecule has 1 aromatic carbocycles. The summed E-state index contributed by atoms with van der Waals surface area (Å²) < 4.78 is 69.3. The zero-order valence-corrected chi connectivity index (χ0v) is 20.0. The van der Waals surface area contributed by atoms with E-state index in [0.717, 1.165) is 18.2 Å². The number of carbonyl (C=O) groups excluding carboxylic acids is 1. The van der Waals surface area contributed by atoms with Gasteiger partial charge >= 0.3 is 13.3 Å². The molecule has 3 aliphatic rings. The number of anilines is 1. The van der Waals surface area contributed by atoms with Crippen molar-refractivity contribution in [2.75, 3.05) is 11.4 Å². The number of amidine groups is 1. The third-order valence-corrected chi connectivity index (χ3v) is 7.28. The molecule has 1 saturated heterocycles. The Morgan fingerprint density at radius 3 is 2.53 bits per heavy atom. The number of benzene rings is 1. The van der Waals surface area contributed by atoms with Gasteiger partial charge in [0.2, 0.25) is 0 Å². The maximum Gasteiger partial charge on any atom is 0.488 e. The van der Waals surface area contributed by atoms with Crippen molar-refractivity contribution in [3.8, 4) is 6.07 Å². The summed E-state index contributed by atoms with van der Waals surface area (Å²) in [6.45, 7) is 1.84. The van der Waals surface area contributed by atoms with Crippen molar-refractivity contribution in [1.82, 2.24) is 10.3 Å². The van der Waals surface area contributed by atoms with Crippen molar-refractivity contribution >= 4 is 30.0 Å². The van der Waals surface area contributed by atoms with E-state index in [4.69, 9.17) is 0 Å². The first-order valence-electron chi connectivity index (χ1n) is 11.8. The number of alkyl halides is 4. The number of halogens is 5. The minimum absolute atomic E-state index is 0.00601. The molecular weight excluding hydrogens is 512 g/mol. The van der Waals surface area contributed by atoms with Gasteiger partial charge in [0.15, 0.2) is 5.67 Å². The van der Waals surface area contributed by atoms with E-state index in [-0.39, 0.29) is 60.3 Å². The quantitative estimate of drug-likeness (QED) is 0.409. The molecule has 14 heteroatoms. The fraction of sp³-hybridized carbons (Fsp3) is 0.417. The molecule has 1 aromatic heterocycles. The van der Waals surface area contributed by atoms with Crippen molar-refractivity contribution < 1.29 is 36.8 Å². The summed E-state index contributed by atoms with van der Waals surface area (Å²) in [6.07, 6.45) is -4.58. The molecule has 1 amide bonds. The first kappa shape index (κ1) is 26.1. The van der Waals surface area contributed by atoms with Crippen LogP contribution in [0.1, 0.15) is 55.1 Å². The van der Waals surface area contributed by atoms with Gasteiger partial charge in [-0.25, -0.2) is 13.8 Å². The van der Waals surface area contributed by atoms with Crippen molar-refractivity contribution in [3.05, 3.63) is 52.6 Å². The molecule has 2 fully saturated rings. The number of amides is 1. The van der Waals surface area contributed by atoms with Gasteiger partial charge in [-0.3, -0.25) is 9.79 Å². The number of piperidine rings is 1. The second-order valence-corrected chi connectivity index (χ2v) is 9.88. The molecule has 1 saturated carbocycles. The van der Waals surface area contributed by atoms with Crippen molar-refractivity contribution in [2.45, 2.75) is 56.0 Å². The average molecular weight is 533 g/mol. The number of nitriles is 1. The van der Waals surface area contributed by atoms with Gasteiger partial charge in [0, 0.05) is 24.6 Å². The highest BCUT2D eigenvalue weighted by Crippen LogP contribution is 2.51. The summed E-state index contributed by atoms with van der Waals surface area (Å²) >= 11 is 0. The zero-order chi connectivity index (χ0) is 27.6. The molecule has 0 unspecified atom stereocenters. The van der Waals surface area contributed by atoms with Crippen LogP contribution in [-0.4, -0.2) is 52.0 Å². The van der Waals surface area contributed by atoms with Crippen LogP contribution >= 0.6 is 0 Å². The van der Waals surface area contributed by atoms with Crippen LogP contribution in [0.15, 0.2) is 29.3 Å². The minimum Gasteiger partial charge on any atom is -0.423 e. The summed E-state index contributed by atoms with van der Waals surface area (Å²) in [5.41, 5.74) is -5.34. The van der Waals surface area contributed by atoms with Gasteiger partial charge in [0.1, 0.15) is 34.5 Å². The number of nitrogens with one attached hydrogen (secondary N) is 1. The van der Waals surface area contributed by atoms with E-state index in [1.165, 1.54) is 6.07 Å². The van der Waals surface area contributed by atoms with Crippen LogP contribution < -0.4 is 15.7 Å². The summed E-state index contributed by atoms with van der Waals surface area (Å²) in [5, 5.41) is 31.1. The maximum atomic E-state index is 15.0. The second kappa shape index (κ2) is 8.74. The highest BCUT2D eigenvalue weighted by molar-refractivity contribution is 6.58. The summed E-state index contributed by atoms with van der Waals surface area (Å²) in [4.78, 5) is 22.9. The predicted octanol–water partition coefficient (Wildman–Crippen LogP) is 2.05. The lowest BCUT2D eigenvalue weighted by atomic mass is 9.78. The number of pyridine rings is 1. The third-order valence-electron chi connectivity index (χ3n) is 7.28. The van der Waals surface area contributed by atoms with Gasteiger partial charge in [0.05, 0.1) is 11.4 Å². The maximum absolute atomic E-state index is 15.0. The van der Waals surface area contributed by atoms with Crippen molar-refractivity contribution in [3.63, 3.8) is 0 Å². The zero-order valence-electron chi connectivity index (χ0n) is 20.0. The fourth-order valence-corrected chi connectivity index (χ4v) is 5.13. The standard InChI is InChI=1S/C24H21BF5N5O3/c1-12-10-23(6-7-35(12)17-9-13(25(37)38)8-16(26)15(17)11-31)21(36)33-20(34-23)14-2-3-18(24(28,29)30)32-19(14)22(27)4-5-22/h2-3,8-9,12,37-38H,4-7,10H2,1H3,(H,33,34,36)/t12-,23+/m0/s1. The Morgan fingerprint density at radius 2 is 1.95 bits per heavy atom. The number of hydrogen-bond donors (Lipinski definition) is 3. The van der Waals surface area contributed by atoms with Crippen LogP contribution in [-0.2, 0) is 16.6 Å². The van der Waals surface area contributed by atoms with Gasteiger partial charge < -0.3 is 20.3 Å². The number of rotatable bonds is 4. The minimum atomic E-state index is -4.77. The van der Waals surface area contributed by atoms with Crippen LogP contribution in [0.25, 0.3) is 0 Å². The molecule has 2 aromatic rings. The van der Waals surface area contributed by atoms with Gasteiger partial charge in [-0.1, -0.05) is 0 Å². The largest absolute Gasteiger partial charge is 0.488 e. The van der Waals surface area contributed by atoms with Gasteiger partial charge in [-0.2, -0.15) is 18.4 Å². The Kier molecular flexibility index (Phi) is 5.99. The Bertz CT molecular complexity index is 1410. The topological polar surface area (TPSA) is 122 Å². The molecular formula is C24H21BF5N5O3. The lowest BCUT2D eigenvalue weighted by Crippen LogP contribution is -2.53. The lowest BCUT2D eigenvalue weighted by Gasteiger charge is -2.42. The molecule has 2 aliphatic heterocycles. The van der Waals surface area contributed by atoms with E-state index in [9.17, 15) is 37.7 Å². The average Bonchev–Trinajstić information content (AvgIpc) is 3.52. The Labute approximate surface area is 214 Å².